The summed E-state index contributed by atoms with van der Waals surface area (Å²) in [6, 6.07) is 13.1. The van der Waals surface area contributed by atoms with Gasteiger partial charge >= 0.3 is 0 Å². The summed E-state index contributed by atoms with van der Waals surface area (Å²) >= 11 is 7.18. The predicted molar refractivity (Wildman–Crippen MR) is 96.6 cm³/mol. The van der Waals surface area contributed by atoms with Gasteiger partial charge in [0.2, 0.25) is 0 Å². The Kier molecular flexibility index (Phi) is 5.40. The molecule has 1 amide bonds. The number of nitrogens with one attached hydrogen (secondary N) is 1. The largest absolute Gasteiger partial charge is 0.360 e. The Bertz CT molecular complexity index is 914. The molecule has 0 aliphatic heterocycles. The van der Waals surface area contributed by atoms with Crippen LogP contribution in [0.3, 0.4) is 0 Å². The number of carbonyl (C=O) groups is 1. The lowest BCUT2D eigenvalue weighted by molar-refractivity contribution is 0.102. The number of carbonyl (C=O) groups excluding carboxylic acids is 1. The molecule has 1 N–H and O–H groups in total. The van der Waals surface area contributed by atoms with Crippen LogP contribution in [0.4, 0.5) is 10.1 Å². The number of anilines is 1. The van der Waals surface area contributed by atoms with Gasteiger partial charge in [-0.05, 0) is 37.3 Å². The number of amides is 1. The molecule has 0 aliphatic rings. The van der Waals surface area contributed by atoms with Crippen molar-refractivity contribution in [3.05, 3.63) is 76.4 Å². The van der Waals surface area contributed by atoms with Crippen LogP contribution < -0.4 is 5.32 Å². The minimum atomic E-state index is -0.580. The minimum absolute atomic E-state index is 0.0834. The van der Waals surface area contributed by atoms with Gasteiger partial charge in [0.05, 0.1) is 22.7 Å². The van der Waals surface area contributed by atoms with Gasteiger partial charge < -0.3 is 9.84 Å². The number of rotatable bonds is 5. The predicted octanol–water partition coefficient (Wildman–Crippen LogP) is 5.32. The molecule has 7 heteroatoms. The highest BCUT2D eigenvalue weighted by Crippen LogP contribution is 2.28. The number of hydrogen-bond acceptors (Lipinski definition) is 4. The Balaban J connectivity index is 1.76. The smallest absolute Gasteiger partial charge is 0.256 e. The Hall–Kier alpha value is -2.31. The lowest BCUT2D eigenvalue weighted by Gasteiger charge is -2.10. The molecule has 128 valence electrons. The summed E-state index contributed by atoms with van der Waals surface area (Å²) in [6.07, 6.45) is 0. The van der Waals surface area contributed by atoms with E-state index in [4.69, 9.17) is 16.1 Å². The fraction of sp³-hybridized carbons (Fsp3) is 0.111. The van der Waals surface area contributed by atoms with Crippen LogP contribution in [0.2, 0.25) is 5.02 Å². The number of aryl methyl sites for hydroxylation is 1. The van der Waals surface area contributed by atoms with Crippen molar-refractivity contribution in [1.82, 2.24) is 5.16 Å². The van der Waals surface area contributed by atoms with Crippen LogP contribution in [-0.4, -0.2) is 11.1 Å². The summed E-state index contributed by atoms with van der Waals surface area (Å²) < 4.78 is 19.1. The third kappa shape index (κ3) is 4.41. The van der Waals surface area contributed by atoms with Crippen LogP contribution in [0.15, 0.2) is 57.9 Å². The first-order chi connectivity index (χ1) is 12.0. The molecule has 25 heavy (non-hydrogen) atoms. The molecule has 2 aromatic carbocycles. The van der Waals surface area contributed by atoms with Crippen molar-refractivity contribution < 1.29 is 13.7 Å². The highest BCUT2D eigenvalue weighted by molar-refractivity contribution is 7.98. The summed E-state index contributed by atoms with van der Waals surface area (Å²) in [6.45, 7) is 1.85. The maximum atomic E-state index is 13.9. The topological polar surface area (TPSA) is 55.1 Å². The Morgan fingerprint density at radius 3 is 2.80 bits per heavy atom. The van der Waals surface area contributed by atoms with E-state index in [0.29, 0.717) is 11.3 Å². The molecule has 1 aromatic heterocycles. The average molecular weight is 377 g/mol. The first-order valence-corrected chi connectivity index (χ1v) is 8.80. The SMILES string of the molecule is Cc1cc(CSc2ccccc2C(=O)Nc2ccc(Cl)cc2F)on1. The second-order valence-electron chi connectivity index (χ2n) is 5.30. The lowest BCUT2D eigenvalue weighted by atomic mass is 10.2. The molecule has 0 spiro atoms. The second kappa shape index (κ2) is 7.72. The summed E-state index contributed by atoms with van der Waals surface area (Å²) in [4.78, 5) is 13.3. The quantitative estimate of drug-likeness (QED) is 0.612. The van der Waals surface area contributed by atoms with Crippen molar-refractivity contribution in [2.24, 2.45) is 0 Å². The monoisotopic (exact) mass is 376 g/mol. The summed E-state index contributed by atoms with van der Waals surface area (Å²) in [5.41, 5.74) is 1.35. The number of aromatic nitrogens is 1. The van der Waals surface area contributed by atoms with Crippen molar-refractivity contribution in [1.29, 1.82) is 0 Å². The van der Waals surface area contributed by atoms with Gasteiger partial charge in [0, 0.05) is 16.0 Å². The van der Waals surface area contributed by atoms with E-state index in [1.54, 1.807) is 12.1 Å². The number of thioether (sulfide) groups is 1. The summed E-state index contributed by atoms with van der Waals surface area (Å²) in [5.74, 6) is 0.295. The molecule has 0 saturated carbocycles. The zero-order chi connectivity index (χ0) is 17.8. The van der Waals surface area contributed by atoms with Crippen LogP contribution in [0.5, 0.6) is 0 Å². The number of nitrogens with zero attached hydrogens (tertiary/aromatic N) is 1. The number of hydrogen-bond donors (Lipinski definition) is 1. The fourth-order valence-electron chi connectivity index (χ4n) is 2.19. The highest BCUT2D eigenvalue weighted by Gasteiger charge is 2.14. The molecule has 0 saturated heterocycles. The first-order valence-electron chi connectivity index (χ1n) is 7.43. The summed E-state index contributed by atoms with van der Waals surface area (Å²) in [7, 11) is 0. The van der Waals surface area contributed by atoms with Gasteiger partial charge in [0.1, 0.15) is 11.6 Å². The van der Waals surface area contributed by atoms with Gasteiger partial charge in [-0.3, -0.25) is 4.79 Å². The van der Waals surface area contributed by atoms with Crippen molar-refractivity contribution in [2.45, 2.75) is 17.6 Å². The van der Waals surface area contributed by atoms with Crippen molar-refractivity contribution in [3.63, 3.8) is 0 Å². The second-order valence-corrected chi connectivity index (χ2v) is 6.75. The Labute approximate surface area is 153 Å². The van der Waals surface area contributed by atoms with Crippen LogP contribution in [0, 0.1) is 12.7 Å². The normalized spacial score (nSPS) is 10.7. The maximum absolute atomic E-state index is 13.9. The number of benzene rings is 2. The molecule has 4 nitrogen and oxygen atoms in total. The van der Waals surface area contributed by atoms with E-state index in [2.05, 4.69) is 10.5 Å². The van der Waals surface area contributed by atoms with Gasteiger partial charge in [0.25, 0.3) is 5.91 Å². The van der Waals surface area contributed by atoms with Gasteiger partial charge in [0.15, 0.2) is 0 Å². The lowest BCUT2D eigenvalue weighted by Crippen LogP contribution is -2.14. The molecule has 3 aromatic rings. The molecule has 3 rings (SSSR count). The Morgan fingerprint density at radius 2 is 2.08 bits per heavy atom. The van der Waals surface area contributed by atoms with Crippen LogP contribution in [0.25, 0.3) is 0 Å². The van der Waals surface area contributed by atoms with Crippen LogP contribution in [0.1, 0.15) is 21.8 Å². The minimum Gasteiger partial charge on any atom is -0.360 e. The van der Waals surface area contributed by atoms with Gasteiger partial charge in [-0.2, -0.15) is 0 Å². The zero-order valence-corrected chi connectivity index (χ0v) is 14.8. The van der Waals surface area contributed by atoms with Crippen molar-refractivity contribution in [3.8, 4) is 0 Å². The van der Waals surface area contributed by atoms with E-state index in [9.17, 15) is 9.18 Å². The number of halogens is 2. The van der Waals surface area contributed by atoms with E-state index >= 15 is 0 Å². The van der Waals surface area contributed by atoms with E-state index in [1.165, 1.54) is 23.9 Å². The third-order valence-electron chi connectivity index (χ3n) is 3.36. The molecule has 0 radical (unpaired) electrons. The molecular weight excluding hydrogens is 363 g/mol. The van der Waals surface area contributed by atoms with Gasteiger partial charge in [-0.1, -0.05) is 28.9 Å². The van der Waals surface area contributed by atoms with Crippen molar-refractivity contribution in [2.75, 3.05) is 5.32 Å². The molecule has 0 aliphatic carbocycles. The average Bonchev–Trinajstić information content (AvgIpc) is 3.01. The molecule has 1 heterocycles. The van der Waals surface area contributed by atoms with Gasteiger partial charge in [-0.15, -0.1) is 11.8 Å². The first kappa shape index (κ1) is 17.5. The van der Waals surface area contributed by atoms with Crippen LogP contribution in [-0.2, 0) is 5.75 Å². The molecule has 0 atom stereocenters. The molecule has 0 fully saturated rings. The van der Waals surface area contributed by atoms with E-state index < -0.39 is 11.7 Å². The van der Waals surface area contributed by atoms with Crippen LogP contribution >= 0.6 is 23.4 Å². The molecular formula is C18H14ClFN2O2S. The van der Waals surface area contributed by atoms with E-state index in [-0.39, 0.29) is 10.7 Å². The van der Waals surface area contributed by atoms with E-state index in [0.717, 1.165) is 22.4 Å². The zero-order valence-electron chi connectivity index (χ0n) is 13.3. The van der Waals surface area contributed by atoms with Gasteiger partial charge in [-0.25, -0.2) is 4.39 Å². The fourth-order valence-corrected chi connectivity index (χ4v) is 3.28. The maximum Gasteiger partial charge on any atom is 0.256 e. The highest BCUT2D eigenvalue weighted by atomic mass is 35.5. The summed E-state index contributed by atoms with van der Waals surface area (Å²) in [5, 5.41) is 6.69. The third-order valence-corrected chi connectivity index (χ3v) is 4.69. The van der Waals surface area contributed by atoms with E-state index in [1.807, 2.05) is 25.1 Å². The molecule has 0 bridgehead atoms. The van der Waals surface area contributed by atoms with Crippen molar-refractivity contribution >= 4 is 35.0 Å². The molecule has 0 unspecified atom stereocenters. The standard InChI is InChI=1S/C18H14ClFN2O2S/c1-11-8-13(24-22-11)10-25-17-5-3-2-4-14(17)18(23)21-16-7-6-12(19)9-15(16)20/h2-9H,10H2,1H3,(H,21,23). The Morgan fingerprint density at radius 1 is 1.28 bits per heavy atom.